The Morgan fingerprint density at radius 3 is 2.65 bits per heavy atom. The van der Waals surface area contributed by atoms with Gasteiger partial charge in [-0.3, -0.25) is 14.3 Å². The summed E-state index contributed by atoms with van der Waals surface area (Å²) in [4.78, 5) is 20.7. The van der Waals surface area contributed by atoms with Gasteiger partial charge in [-0.25, -0.2) is 4.98 Å². The molecule has 6 heteroatoms. The first-order valence-electron chi connectivity index (χ1n) is 11.3. The second-order valence-electron chi connectivity index (χ2n) is 8.55. The van der Waals surface area contributed by atoms with E-state index in [4.69, 9.17) is 9.72 Å². The molecule has 0 bridgehead atoms. The molecule has 0 spiro atoms. The zero-order chi connectivity index (χ0) is 21.0. The summed E-state index contributed by atoms with van der Waals surface area (Å²) in [7, 11) is 0. The highest BCUT2D eigenvalue weighted by Crippen LogP contribution is 2.32. The largest absolute Gasteiger partial charge is 0.375 e. The number of hydrogen-bond acceptors (Lipinski definition) is 5. The SMILES string of the molecule is O=c1c2ccccc2nc(SC[C@@H]2CN(Cc3ccccc3)CCO2)n1C1CCCC1. The fraction of sp³-hybridized carbons (Fsp3) is 0.440. The van der Waals surface area contributed by atoms with Crippen LogP contribution in [-0.4, -0.2) is 46.0 Å². The Kier molecular flexibility index (Phi) is 6.39. The average Bonchev–Trinajstić information content (AvgIpc) is 3.33. The number of benzene rings is 2. The van der Waals surface area contributed by atoms with Crippen LogP contribution in [0, 0.1) is 0 Å². The Labute approximate surface area is 187 Å². The Bertz CT molecular complexity index is 1080. The van der Waals surface area contributed by atoms with Gasteiger partial charge < -0.3 is 4.74 Å². The Balaban J connectivity index is 1.33. The van der Waals surface area contributed by atoms with Gasteiger partial charge in [-0.05, 0) is 30.5 Å². The standard InChI is InChI=1S/C25H29N3O2S/c29-24-22-12-6-7-13-23(22)26-25(28(24)20-10-4-5-11-20)31-18-21-17-27(14-15-30-21)16-19-8-2-1-3-9-19/h1-3,6-9,12-13,20-21H,4-5,10-11,14-18H2/t21-/m0/s1. The minimum absolute atomic E-state index is 0.107. The summed E-state index contributed by atoms with van der Waals surface area (Å²) in [6.45, 7) is 3.56. The highest BCUT2D eigenvalue weighted by Gasteiger charge is 2.25. The van der Waals surface area contributed by atoms with Crippen molar-refractivity contribution >= 4 is 22.7 Å². The Morgan fingerprint density at radius 2 is 1.81 bits per heavy atom. The van der Waals surface area contributed by atoms with Crippen molar-refractivity contribution in [3.05, 3.63) is 70.5 Å². The lowest BCUT2D eigenvalue weighted by Gasteiger charge is -2.33. The van der Waals surface area contributed by atoms with Crippen molar-refractivity contribution in [1.82, 2.24) is 14.5 Å². The third kappa shape index (κ3) is 4.71. The molecule has 1 atom stereocenters. The first-order chi connectivity index (χ1) is 15.3. The normalized spacial score (nSPS) is 20.5. The topological polar surface area (TPSA) is 47.4 Å². The van der Waals surface area contributed by atoms with Gasteiger partial charge >= 0.3 is 0 Å². The van der Waals surface area contributed by atoms with E-state index in [0.717, 1.165) is 60.9 Å². The maximum atomic E-state index is 13.3. The first-order valence-corrected chi connectivity index (χ1v) is 12.3. The molecule has 0 amide bonds. The molecular weight excluding hydrogens is 406 g/mol. The minimum atomic E-state index is 0.107. The van der Waals surface area contributed by atoms with Gasteiger partial charge in [0.25, 0.3) is 5.56 Å². The van der Waals surface area contributed by atoms with Crippen LogP contribution in [0.3, 0.4) is 0 Å². The van der Waals surface area contributed by atoms with E-state index in [-0.39, 0.29) is 17.7 Å². The first kappa shape index (κ1) is 20.7. The van der Waals surface area contributed by atoms with E-state index in [1.807, 2.05) is 28.8 Å². The molecular formula is C25H29N3O2S. The summed E-state index contributed by atoms with van der Waals surface area (Å²) in [6, 6.07) is 18.6. The molecule has 1 saturated heterocycles. The van der Waals surface area contributed by atoms with Gasteiger partial charge in [0.2, 0.25) is 0 Å². The number of rotatable bonds is 6. The third-order valence-electron chi connectivity index (χ3n) is 6.34. The predicted octanol–water partition coefficient (Wildman–Crippen LogP) is 4.50. The number of ether oxygens (including phenoxy) is 1. The van der Waals surface area contributed by atoms with Crippen molar-refractivity contribution in [2.24, 2.45) is 0 Å². The second kappa shape index (κ2) is 9.55. The van der Waals surface area contributed by atoms with E-state index in [2.05, 4.69) is 35.2 Å². The summed E-state index contributed by atoms with van der Waals surface area (Å²) in [5.74, 6) is 0.808. The molecule has 2 fully saturated rings. The van der Waals surface area contributed by atoms with E-state index in [1.54, 1.807) is 11.8 Å². The van der Waals surface area contributed by atoms with E-state index < -0.39 is 0 Å². The summed E-state index contributed by atoms with van der Waals surface area (Å²) >= 11 is 1.68. The van der Waals surface area contributed by atoms with Crippen LogP contribution in [0.4, 0.5) is 0 Å². The zero-order valence-corrected chi connectivity index (χ0v) is 18.6. The molecule has 1 saturated carbocycles. The van der Waals surface area contributed by atoms with Gasteiger partial charge in [-0.2, -0.15) is 0 Å². The molecule has 2 aliphatic rings. The van der Waals surface area contributed by atoms with Gasteiger partial charge in [-0.15, -0.1) is 0 Å². The van der Waals surface area contributed by atoms with Crippen LogP contribution in [0.25, 0.3) is 10.9 Å². The minimum Gasteiger partial charge on any atom is -0.375 e. The lowest BCUT2D eigenvalue weighted by atomic mass is 10.2. The molecule has 31 heavy (non-hydrogen) atoms. The molecule has 0 radical (unpaired) electrons. The van der Waals surface area contributed by atoms with Crippen molar-refractivity contribution in [2.45, 2.75) is 49.5 Å². The van der Waals surface area contributed by atoms with Crippen molar-refractivity contribution < 1.29 is 4.74 Å². The zero-order valence-electron chi connectivity index (χ0n) is 17.8. The highest BCUT2D eigenvalue weighted by molar-refractivity contribution is 7.99. The highest BCUT2D eigenvalue weighted by atomic mass is 32.2. The molecule has 1 aliphatic heterocycles. The monoisotopic (exact) mass is 435 g/mol. The summed E-state index contributed by atoms with van der Waals surface area (Å²) in [5, 5.41) is 1.57. The number of aromatic nitrogens is 2. The van der Waals surface area contributed by atoms with Crippen molar-refractivity contribution in [3.63, 3.8) is 0 Å². The van der Waals surface area contributed by atoms with Crippen LogP contribution in [0.1, 0.15) is 37.3 Å². The van der Waals surface area contributed by atoms with E-state index >= 15 is 0 Å². The van der Waals surface area contributed by atoms with Gasteiger partial charge in [-0.1, -0.05) is 67.1 Å². The van der Waals surface area contributed by atoms with Crippen molar-refractivity contribution in [1.29, 1.82) is 0 Å². The molecule has 162 valence electrons. The van der Waals surface area contributed by atoms with Crippen molar-refractivity contribution in [2.75, 3.05) is 25.4 Å². The van der Waals surface area contributed by atoms with Gasteiger partial charge in [0.05, 0.1) is 23.6 Å². The van der Waals surface area contributed by atoms with E-state index in [9.17, 15) is 4.79 Å². The van der Waals surface area contributed by atoms with Crippen LogP contribution in [0.2, 0.25) is 0 Å². The molecule has 5 nitrogen and oxygen atoms in total. The number of para-hydroxylation sites is 1. The summed E-state index contributed by atoms with van der Waals surface area (Å²) < 4.78 is 8.05. The number of nitrogens with zero attached hydrogens (tertiary/aromatic N) is 3. The van der Waals surface area contributed by atoms with Gasteiger partial charge in [0.1, 0.15) is 0 Å². The van der Waals surface area contributed by atoms with Crippen LogP contribution in [-0.2, 0) is 11.3 Å². The summed E-state index contributed by atoms with van der Waals surface area (Å²) in [6.07, 6.45) is 4.65. The predicted molar refractivity (Wildman–Crippen MR) is 126 cm³/mol. The van der Waals surface area contributed by atoms with Crippen molar-refractivity contribution in [3.8, 4) is 0 Å². The van der Waals surface area contributed by atoms with Crippen LogP contribution in [0.15, 0.2) is 64.5 Å². The van der Waals surface area contributed by atoms with Gasteiger partial charge in [0, 0.05) is 31.4 Å². The molecule has 1 aliphatic carbocycles. The molecule has 3 aromatic rings. The number of morpholine rings is 1. The quantitative estimate of drug-likeness (QED) is 0.421. The lowest BCUT2D eigenvalue weighted by molar-refractivity contribution is -0.0187. The lowest BCUT2D eigenvalue weighted by Crippen LogP contribution is -2.43. The molecule has 0 unspecified atom stereocenters. The number of thioether (sulfide) groups is 1. The fourth-order valence-corrected chi connectivity index (χ4v) is 5.82. The average molecular weight is 436 g/mol. The Morgan fingerprint density at radius 1 is 1.03 bits per heavy atom. The number of fused-ring (bicyclic) bond motifs is 1. The van der Waals surface area contributed by atoms with Crippen LogP contribution < -0.4 is 5.56 Å². The summed E-state index contributed by atoms with van der Waals surface area (Å²) in [5.41, 5.74) is 2.23. The van der Waals surface area contributed by atoms with E-state index in [0.29, 0.717) is 0 Å². The maximum absolute atomic E-state index is 13.3. The maximum Gasteiger partial charge on any atom is 0.262 e. The Hall–Kier alpha value is -2.15. The smallest absolute Gasteiger partial charge is 0.262 e. The number of hydrogen-bond donors (Lipinski definition) is 0. The second-order valence-corrected chi connectivity index (χ2v) is 9.54. The fourth-order valence-electron chi connectivity index (χ4n) is 4.75. The van der Waals surface area contributed by atoms with E-state index in [1.165, 1.54) is 18.4 Å². The molecule has 0 N–H and O–H groups in total. The van der Waals surface area contributed by atoms with Crippen LogP contribution in [0.5, 0.6) is 0 Å². The van der Waals surface area contributed by atoms with Crippen LogP contribution >= 0.6 is 11.8 Å². The van der Waals surface area contributed by atoms with Gasteiger partial charge in [0.15, 0.2) is 5.16 Å². The molecule has 2 heterocycles. The third-order valence-corrected chi connectivity index (χ3v) is 7.42. The molecule has 5 rings (SSSR count). The molecule has 1 aromatic heterocycles. The molecule has 2 aromatic carbocycles.